The number of methoxy groups -OCH3 is 1. The van der Waals surface area contributed by atoms with Gasteiger partial charge in [-0.15, -0.1) is 10.2 Å². The van der Waals surface area contributed by atoms with E-state index < -0.39 is 0 Å². The average Bonchev–Trinajstić information content (AvgIpc) is 3.43. The molecule has 0 bridgehead atoms. The topological polar surface area (TPSA) is 89.3 Å². The first kappa shape index (κ1) is 29.7. The summed E-state index contributed by atoms with van der Waals surface area (Å²) in [4.78, 5) is 28.0. The maximum atomic E-state index is 13.2. The van der Waals surface area contributed by atoms with Crippen molar-refractivity contribution in [2.24, 2.45) is 5.92 Å². The average molecular weight is 604 g/mol. The second-order valence-electron chi connectivity index (χ2n) is 10.3. The monoisotopic (exact) mass is 603 g/mol. The van der Waals surface area contributed by atoms with Gasteiger partial charge in [-0.3, -0.25) is 14.2 Å². The second kappa shape index (κ2) is 13.9. The summed E-state index contributed by atoms with van der Waals surface area (Å²) in [7, 11) is 1.58. The lowest BCUT2D eigenvalue weighted by Gasteiger charge is -2.32. The van der Waals surface area contributed by atoms with Crippen LogP contribution in [0.25, 0.3) is 5.69 Å². The number of carbonyl (C=O) groups is 2. The number of thioether (sulfide) groups is 1. The number of benzene rings is 3. The van der Waals surface area contributed by atoms with E-state index in [1.165, 1.54) is 17.3 Å². The second-order valence-corrected chi connectivity index (χ2v) is 11.7. The first-order valence-electron chi connectivity index (χ1n) is 14.0. The van der Waals surface area contributed by atoms with E-state index in [4.69, 9.17) is 16.3 Å². The van der Waals surface area contributed by atoms with Crippen molar-refractivity contribution < 1.29 is 14.3 Å². The lowest BCUT2D eigenvalue weighted by atomic mass is 9.90. The van der Waals surface area contributed by atoms with Gasteiger partial charge in [0, 0.05) is 23.7 Å². The Hall–Kier alpha value is -3.82. The largest absolute Gasteiger partial charge is 0.497 e. The number of likely N-dealkylation sites (tertiary alicyclic amines) is 1. The minimum atomic E-state index is -0.241. The summed E-state index contributed by atoms with van der Waals surface area (Å²) in [5.74, 6) is 1.90. The zero-order valence-electron chi connectivity index (χ0n) is 23.8. The molecule has 1 saturated heterocycles. The van der Waals surface area contributed by atoms with Gasteiger partial charge in [0.05, 0.1) is 25.1 Å². The number of ether oxygens (including phenoxy) is 1. The molecule has 2 heterocycles. The van der Waals surface area contributed by atoms with E-state index in [1.54, 1.807) is 31.4 Å². The number of piperidine rings is 1. The predicted molar refractivity (Wildman–Crippen MR) is 165 cm³/mol. The maximum Gasteiger partial charge on any atom is 0.251 e. The molecule has 218 valence electrons. The summed E-state index contributed by atoms with van der Waals surface area (Å²) in [6.45, 7) is 3.60. The van der Waals surface area contributed by atoms with Gasteiger partial charge in [-0.1, -0.05) is 59.8 Å². The Morgan fingerprint density at radius 3 is 2.45 bits per heavy atom. The van der Waals surface area contributed by atoms with E-state index in [1.807, 2.05) is 40.7 Å². The third-order valence-corrected chi connectivity index (χ3v) is 8.92. The van der Waals surface area contributed by atoms with Crippen LogP contribution in [0.5, 0.6) is 5.75 Å². The van der Waals surface area contributed by atoms with Crippen LogP contribution in [0.15, 0.2) is 78.0 Å². The van der Waals surface area contributed by atoms with Crippen molar-refractivity contribution in [2.45, 2.75) is 37.9 Å². The molecule has 1 aromatic heterocycles. The fraction of sp³-hybridized carbons (Fsp3) is 0.312. The molecule has 8 nitrogen and oxygen atoms in total. The number of hydrogen-bond acceptors (Lipinski definition) is 6. The summed E-state index contributed by atoms with van der Waals surface area (Å²) in [5.41, 5.74) is 3.52. The van der Waals surface area contributed by atoms with Crippen LogP contribution in [0.4, 0.5) is 0 Å². The zero-order valence-corrected chi connectivity index (χ0v) is 25.3. The summed E-state index contributed by atoms with van der Waals surface area (Å²) in [6, 6.07) is 23.1. The molecule has 1 fully saturated rings. The van der Waals surface area contributed by atoms with Crippen molar-refractivity contribution in [3.63, 3.8) is 0 Å². The van der Waals surface area contributed by atoms with E-state index >= 15 is 0 Å². The molecule has 0 unspecified atom stereocenters. The van der Waals surface area contributed by atoms with E-state index in [0.717, 1.165) is 43.6 Å². The minimum Gasteiger partial charge on any atom is -0.497 e. The third-order valence-electron chi connectivity index (χ3n) is 7.60. The van der Waals surface area contributed by atoms with Gasteiger partial charge in [-0.05, 0) is 79.6 Å². The molecule has 2 amide bonds. The standard InChI is InChI=1S/C32H34ClN5O3S/c1-22-27(33)9-6-10-28(22)38-29(20-34-31(40)25-11-13-26(41-2)14-12-25)35-36-32(38)42-21-30(39)37-17-15-24(16-18-37)19-23-7-4-3-5-8-23/h3-14,24H,15-21H2,1-2H3,(H,34,40). The van der Waals surface area contributed by atoms with Gasteiger partial charge in [-0.2, -0.15) is 0 Å². The Bertz CT molecular complexity index is 1520. The molecule has 1 aliphatic rings. The summed E-state index contributed by atoms with van der Waals surface area (Å²) >= 11 is 7.80. The van der Waals surface area contributed by atoms with E-state index in [2.05, 4.69) is 39.8 Å². The van der Waals surface area contributed by atoms with Crippen molar-refractivity contribution in [1.82, 2.24) is 25.0 Å². The number of aromatic nitrogens is 3. The highest BCUT2D eigenvalue weighted by molar-refractivity contribution is 7.99. The molecule has 1 aliphatic heterocycles. The van der Waals surface area contributed by atoms with Gasteiger partial charge in [0.1, 0.15) is 5.75 Å². The van der Waals surface area contributed by atoms with Crippen molar-refractivity contribution >= 4 is 35.2 Å². The Morgan fingerprint density at radius 2 is 1.74 bits per heavy atom. The highest BCUT2D eigenvalue weighted by Gasteiger charge is 2.25. The van der Waals surface area contributed by atoms with Crippen molar-refractivity contribution in [3.05, 3.63) is 100 Å². The normalized spacial score (nSPS) is 13.6. The highest BCUT2D eigenvalue weighted by atomic mass is 35.5. The molecule has 5 rings (SSSR count). The van der Waals surface area contributed by atoms with E-state index in [-0.39, 0.29) is 24.1 Å². The van der Waals surface area contributed by atoms with Crippen LogP contribution in [0.2, 0.25) is 5.02 Å². The third kappa shape index (κ3) is 7.14. The number of nitrogens with zero attached hydrogens (tertiary/aromatic N) is 4. The highest BCUT2D eigenvalue weighted by Crippen LogP contribution is 2.29. The molecular formula is C32H34ClN5O3S. The smallest absolute Gasteiger partial charge is 0.251 e. The number of amides is 2. The number of halogens is 1. The van der Waals surface area contributed by atoms with Gasteiger partial charge in [-0.25, -0.2) is 0 Å². The SMILES string of the molecule is COc1ccc(C(=O)NCc2nnc(SCC(=O)N3CCC(Cc4ccccc4)CC3)n2-c2cccc(Cl)c2C)cc1. The van der Waals surface area contributed by atoms with Crippen LogP contribution in [-0.4, -0.2) is 57.4 Å². The molecule has 0 aliphatic carbocycles. The number of carbonyl (C=O) groups excluding carboxylic acids is 2. The minimum absolute atomic E-state index is 0.0879. The molecule has 4 aromatic rings. The number of hydrogen-bond donors (Lipinski definition) is 1. The molecule has 0 spiro atoms. The number of rotatable bonds is 10. The number of nitrogens with one attached hydrogen (secondary N) is 1. The van der Waals surface area contributed by atoms with Crippen LogP contribution >= 0.6 is 23.4 Å². The van der Waals surface area contributed by atoms with Crippen LogP contribution in [-0.2, 0) is 17.8 Å². The Balaban J connectivity index is 1.25. The maximum absolute atomic E-state index is 13.2. The van der Waals surface area contributed by atoms with Gasteiger partial charge in [0.15, 0.2) is 11.0 Å². The Kier molecular flexibility index (Phi) is 9.81. The fourth-order valence-corrected chi connectivity index (χ4v) is 6.18. The van der Waals surface area contributed by atoms with Crippen LogP contribution in [0.1, 0.15) is 40.2 Å². The van der Waals surface area contributed by atoms with Crippen LogP contribution < -0.4 is 10.1 Å². The Morgan fingerprint density at radius 1 is 1.00 bits per heavy atom. The quantitative estimate of drug-likeness (QED) is 0.233. The predicted octanol–water partition coefficient (Wildman–Crippen LogP) is 5.74. The van der Waals surface area contributed by atoms with Crippen LogP contribution in [0.3, 0.4) is 0 Å². The molecule has 0 atom stereocenters. The molecule has 1 N–H and O–H groups in total. The van der Waals surface area contributed by atoms with Gasteiger partial charge < -0.3 is 15.0 Å². The lowest BCUT2D eigenvalue weighted by Crippen LogP contribution is -2.39. The molecule has 42 heavy (non-hydrogen) atoms. The van der Waals surface area contributed by atoms with E-state index in [0.29, 0.717) is 33.2 Å². The molecule has 3 aromatic carbocycles. The molecular weight excluding hydrogens is 570 g/mol. The van der Waals surface area contributed by atoms with Crippen molar-refractivity contribution in [2.75, 3.05) is 26.0 Å². The lowest BCUT2D eigenvalue weighted by molar-refractivity contribution is -0.129. The van der Waals surface area contributed by atoms with Gasteiger partial charge in [0.25, 0.3) is 5.91 Å². The fourth-order valence-electron chi connectivity index (χ4n) is 5.14. The summed E-state index contributed by atoms with van der Waals surface area (Å²) in [6.07, 6.45) is 3.06. The Labute approximate surface area is 255 Å². The van der Waals surface area contributed by atoms with Gasteiger partial charge in [0.2, 0.25) is 5.91 Å². The molecule has 10 heteroatoms. The van der Waals surface area contributed by atoms with Crippen LogP contribution in [0, 0.1) is 12.8 Å². The summed E-state index contributed by atoms with van der Waals surface area (Å²) < 4.78 is 7.05. The molecule has 0 saturated carbocycles. The van der Waals surface area contributed by atoms with E-state index in [9.17, 15) is 9.59 Å². The first-order chi connectivity index (χ1) is 20.4. The zero-order chi connectivity index (χ0) is 29.5. The van der Waals surface area contributed by atoms with Gasteiger partial charge >= 0.3 is 0 Å². The first-order valence-corrected chi connectivity index (χ1v) is 15.4. The summed E-state index contributed by atoms with van der Waals surface area (Å²) in [5, 5.41) is 12.9. The van der Waals surface area contributed by atoms with Crippen molar-refractivity contribution in [1.29, 1.82) is 0 Å². The molecule has 0 radical (unpaired) electrons. The van der Waals surface area contributed by atoms with Crippen molar-refractivity contribution in [3.8, 4) is 11.4 Å².